The van der Waals surface area contributed by atoms with Gasteiger partial charge in [0.25, 0.3) is 0 Å². The van der Waals surface area contributed by atoms with Gasteiger partial charge in [0, 0.05) is 24.6 Å². The van der Waals surface area contributed by atoms with Gasteiger partial charge >= 0.3 is 0 Å². The van der Waals surface area contributed by atoms with Crippen molar-refractivity contribution in [1.82, 2.24) is 10.5 Å². The molecule has 0 aromatic carbocycles. The highest BCUT2D eigenvalue weighted by Crippen LogP contribution is 2.14. The number of nitrogens with zero attached hydrogens (tertiary/aromatic N) is 1. The number of nitrogens with two attached hydrogens (primary N) is 1. The molecule has 0 bridgehead atoms. The van der Waals surface area contributed by atoms with Gasteiger partial charge in [-0.1, -0.05) is 19.0 Å². The van der Waals surface area contributed by atoms with Crippen molar-refractivity contribution in [2.75, 3.05) is 6.54 Å². The number of aromatic nitrogens is 1. The van der Waals surface area contributed by atoms with Gasteiger partial charge in [-0.05, 0) is 32.6 Å². The molecule has 0 aliphatic rings. The van der Waals surface area contributed by atoms with Crippen molar-refractivity contribution in [2.24, 2.45) is 11.7 Å². The Bertz CT molecular complexity index is 393. The van der Waals surface area contributed by atoms with Crippen LogP contribution in [-0.2, 0) is 11.2 Å². The minimum Gasteiger partial charge on any atom is -0.361 e. The van der Waals surface area contributed by atoms with Crippen molar-refractivity contribution < 1.29 is 9.32 Å². The molecule has 0 saturated heterocycles. The van der Waals surface area contributed by atoms with E-state index >= 15 is 0 Å². The Hall–Kier alpha value is -1.36. The number of amides is 1. The maximum atomic E-state index is 11.9. The summed E-state index contributed by atoms with van der Waals surface area (Å²) in [6.45, 7) is 8.49. The Morgan fingerprint density at radius 2 is 2.11 bits per heavy atom. The monoisotopic (exact) mass is 267 g/mol. The number of nitrogens with one attached hydrogen (secondary N) is 1. The van der Waals surface area contributed by atoms with Crippen LogP contribution in [0, 0.1) is 19.8 Å². The van der Waals surface area contributed by atoms with E-state index in [1.807, 2.05) is 13.8 Å². The molecule has 1 aromatic heterocycles. The summed E-state index contributed by atoms with van der Waals surface area (Å²) < 4.78 is 5.08. The predicted molar refractivity (Wildman–Crippen MR) is 74.7 cm³/mol. The van der Waals surface area contributed by atoms with Crippen molar-refractivity contribution in [3.8, 4) is 0 Å². The fourth-order valence-electron chi connectivity index (χ4n) is 2.18. The molecular weight excluding hydrogens is 242 g/mol. The number of carbonyl (C=O) groups excluding carboxylic acids is 1. The first kappa shape index (κ1) is 15.7. The van der Waals surface area contributed by atoms with Crippen LogP contribution in [0.25, 0.3) is 0 Å². The molecule has 0 aliphatic heterocycles. The van der Waals surface area contributed by atoms with Crippen LogP contribution in [0.2, 0.25) is 0 Å². The van der Waals surface area contributed by atoms with Crippen molar-refractivity contribution in [1.29, 1.82) is 0 Å². The topological polar surface area (TPSA) is 81.2 Å². The van der Waals surface area contributed by atoms with E-state index < -0.39 is 0 Å². The number of hydrogen-bond acceptors (Lipinski definition) is 4. The first-order valence-corrected chi connectivity index (χ1v) is 6.85. The lowest BCUT2D eigenvalue weighted by Crippen LogP contribution is -2.41. The maximum absolute atomic E-state index is 11.9. The van der Waals surface area contributed by atoms with Gasteiger partial charge in [0.05, 0.1) is 5.69 Å². The molecule has 1 heterocycles. The van der Waals surface area contributed by atoms with Gasteiger partial charge in [-0.2, -0.15) is 0 Å². The molecule has 3 N–H and O–H groups in total. The van der Waals surface area contributed by atoms with E-state index in [1.165, 1.54) is 0 Å². The number of carbonyl (C=O) groups is 1. The largest absolute Gasteiger partial charge is 0.361 e. The lowest BCUT2D eigenvalue weighted by atomic mass is 10.0. The third kappa shape index (κ3) is 5.03. The van der Waals surface area contributed by atoms with Gasteiger partial charge < -0.3 is 15.6 Å². The minimum atomic E-state index is 0.0381. The fourth-order valence-corrected chi connectivity index (χ4v) is 2.18. The van der Waals surface area contributed by atoms with E-state index in [4.69, 9.17) is 10.3 Å². The summed E-state index contributed by atoms with van der Waals surface area (Å²) >= 11 is 0. The molecule has 1 aromatic rings. The first-order chi connectivity index (χ1) is 8.93. The standard InChI is InChI=1S/C14H25N3O2/c1-9(2)7-12(8-15)16-14(18)6-5-13-10(3)17-19-11(13)4/h9,12H,5-8,15H2,1-4H3,(H,16,18). The molecule has 108 valence electrons. The summed E-state index contributed by atoms with van der Waals surface area (Å²) in [6, 6.07) is 0.0668. The van der Waals surface area contributed by atoms with Crippen LogP contribution in [0.1, 0.15) is 43.7 Å². The highest BCUT2D eigenvalue weighted by atomic mass is 16.5. The van der Waals surface area contributed by atoms with Gasteiger partial charge in [0.15, 0.2) is 0 Å². The highest BCUT2D eigenvalue weighted by molar-refractivity contribution is 5.76. The number of rotatable bonds is 7. The lowest BCUT2D eigenvalue weighted by molar-refractivity contribution is -0.121. The second-order valence-corrected chi connectivity index (χ2v) is 5.43. The molecule has 19 heavy (non-hydrogen) atoms. The van der Waals surface area contributed by atoms with Crippen molar-refractivity contribution >= 4 is 5.91 Å². The molecule has 1 unspecified atom stereocenters. The van der Waals surface area contributed by atoms with E-state index in [2.05, 4.69) is 24.3 Å². The summed E-state index contributed by atoms with van der Waals surface area (Å²) in [5.74, 6) is 1.36. The second kappa shape index (κ2) is 7.28. The number of hydrogen-bond donors (Lipinski definition) is 2. The zero-order valence-corrected chi connectivity index (χ0v) is 12.3. The second-order valence-electron chi connectivity index (χ2n) is 5.43. The van der Waals surface area contributed by atoms with Gasteiger partial charge in [0.1, 0.15) is 5.76 Å². The average molecular weight is 267 g/mol. The van der Waals surface area contributed by atoms with Gasteiger partial charge in [-0.25, -0.2) is 0 Å². The zero-order chi connectivity index (χ0) is 14.4. The van der Waals surface area contributed by atoms with Crippen LogP contribution in [0.5, 0.6) is 0 Å². The van der Waals surface area contributed by atoms with Gasteiger partial charge in [0.2, 0.25) is 5.91 Å². The smallest absolute Gasteiger partial charge is 0.220 e. The van der Waals surface area contributed by atoms with Crippen molar-refractivity contribution in [2.45, 2.75) is 53.0 Å². The summed E-state index contributed by atoms with van der Waals surface area (Å²) in [5, 5.41) is 6.87. The highest BCUT2D eigenvalue weighted by Gasteiger charge is 2.14. The van der Waals surface area contributed by atoms with E-state index in [1.54, 1.807) is 0 Å². The van der Waals surface area contributed by atoms with Crippen LogP contribution in [0.3, 0.4) is 0 Å². The molecule has 1 amide bonds. The van der Waals surface area contributed by atoms with E-state index in [9.17, 15) is 4.79 Å². The third-order valence-corrected chi connectivity index (χ3v) is 3.19. The van der Waals surface area contributed by atoms with Crippen LogP contribution in [0.15, 0.2) is 4.52 Å². The van der Waals surface area contributed by atoms with Crippen LogP contribution < -0.4 is 11.1 Å². The SMILES string of the molecule is Cc1noc(C)c1CCC(=O)NC(CN)CC(C)C. The predicted octanol–water partition coefficient (Wildman–Crippen LogP) is 1.71. The zero-order valence-electron chi connectivity index (χ0n) is 12.3. The Morgan fingerprint density at radius 3 is 2.58 bits per heavy atom. The molecule has 5 heteroatoms. The molecule has 0 fully saturated rings. The molecule has 1 atom stereocenters. The molecule has 1 rings (SSSR count). The minimum absolute atomic E-state index is 0.0381. The average Bonchev–Trinajstić information content (AvgIpc) is 2.65. The van der Waals surface area contributed by atoms with E-state index in [0.29, 0.717) is 25.3 Å². The Labute approximate surface area is 114 Å². The Kier molecular flexibility index (Phi) is 6.02. The van der Waals surface area contributed by atoms with E-state index in [-0.39, 0.29) is 11.9 Å². The fraction of sp³-hybridized carbons (Fsp3) is 0.714. The number of aryl methyl sites for hydroxylation is 2. The van der Waals surface area contributed by atoms with Crippen LogP contribution in [-0.4, -0.2) is 23.7 Å². The normalized spacial score (nSPS) is 12.7. The summed E-state index contributed by atoms with van der Waals surface area (Å²) in [5.41, 5.74) is 7.56. The quantitative estimate of drug-likeness (QED) is 0.788. The van der Waals surface area contributed by atoms with E-state index in [0.717, 1.165) is 23.4 Å². The van der Waals surface area contributed by atoms with Gasteiger partial charge in [-0.3, -0.25) is 4.79 Å². The van der Waals surface area contributed by atoms with Crippen LogP contribution in [0.4, 0.5) is 0 Å². The summed E-state index contributed by atoms with van der Waals surface area (Å²) in [4.78, 5) is 11.9. The first-order valence-electron chi connectivity index (χ1n) is 6.85. The Morgan fingerprint density at radius 1 is 1.42 bits per heavy atom. The molecular formula is C14H25N3O2. The molecule has 0 saturated carbocycles. The third-order valence-electron chi connectivity index (χ3n) is 3.19. The molecule has 0 aliphatic carbocycles. The summed E-state index contributed by atoms with van der Waals surface area (Å²) in [7, 11) is 0. The lowest BCUT2D eigenvalue weighted by Gasteiger charge is -2.18. The van der Waals surface area contributed by atoms with Crippen molar-refractivity contribution in [3.63, 3.8) is 0 Å². The van der Waals surface area contributed by atoms with Crippen molar-refractivity contribution in [3.05, 3.63) is 17.0 Å². The molecule has 0 radical (unpaired) electrons. The maximum Gasteiger partial charge on any atom is 0.220 e. The van der Waals surface area contributed by atoms with Crippen LogP contribution >= 0.6 is 0 Å². The van der Waals surface area contributed by atoms with Gasteiger partial charge in [-0.15, -0.1) is 0 Å². The molecule has 5 nitrogen and oxygen atoms in total. The Balaban J connectivity index is 2.43. The molecule has 0 spiro atoms. The summed E-state index contributed by atoms with van der Waals surface area (Å²) in [6.07, 6.45) is 2.01.